The van der Waals surface area contributed by atoms with Crippen LogP contribution in [-0.2, 0) is 0 Å². The number of hydrogen-bond acceptors (Lipinski definition) is 4. The highest BCUT2D eigenvalue weighted by atomic mass is 32.1. The van der Waals surface area contributed by atoms with Gasteiger partial charge in [-0.1, -0.05) is 24.4 Å². The molecule has 17 heavy (non-hydrogen) atoms. The number of aliphatic hydroxyl groups excluding tert-OH is 2. The summed E-state index contributed by atoms with van der Waals surface area (Å²) < 4.78 is 0. The fourth-order valence-corrected chi connectivity index (χ4v) is 2.39. The van der Waals surface area contributed by atoms with Crippen LogP contribution in [0.2, 0.25) is 0 Å². The maximum absolute atomic E-state index is 9.59. The summed E-state index contributed by atoms with van der Waals surface area (Å²) in [4.78, 5) is 2.26. The predicted molar refractivity (Wildman–Crippen MR) is 71.3 cm³/mol. The lowest BCUT2D eigenvalue weighted by Gasteiger charge is -2.23. The molecule has 92 valence electrons. The summed E-state index contributed by atoms with van der Waals surface area (Å²) in [5.41, 5.74) is 8.44. The minimum atomic E-state index is -0.714. The summed E-state index contributed by atoms with van der Waals surface area (Å²) in [6.07, 6.45) is -1.43. The topological polar surface area (TPSA) is 69.7 Å². The van der Waals surface area contributed by atoms with Crippen LogP contribution in [0.25, 0.3) is 0 Å². The highest BCUT2D eigenvalue weighted by Crippen LogP contribution is 2.28. The molecule has 2 rings (SSSR count). The van der Waals surface area contributed by atoms with Crippen molar-refractivity contribution in [3.8, 4) is 0 Å². The van der Waals surface area contributed by atoms with E-state index < -0.39 is 12.2 Å². The van der Waals surface area contributed by atoms with Gasteiger partial charge in [-0.05, 0) is 18.6 Å². The maximum Gasteiger partial charge on any atom is 0.106 e. The summed E-state index contributed by atoms with van der Waals surface area (Å²) in [6.45, 7) is 2.78. The number of hydrogen-bond donors (Lipinski definition) is 3. The Morgan fingerprint density at radius 3 is 2.47 bits per heavy atom. The number of nitrogens with zero attached hydrogens (tertiary/aromatic N) is 1. The largest absolute Gasteiger partial charge is 0.389 e. The van der Waals surface area contributed by atoms with Gasteiger partial charge in [-0.2, -0.15) is 0 Å². The Labute approximate surface area is 106 Å². The van der Waals surface area contributed by atoms with Gasteiger partial charge >= 0.3 is 0 Å². The molecular formula is C12H16N2O2S. The molecule has 0 spiro atoms. The third-order valence-corrected chi connectivity index (χ3v) is 3.30. The van der Waals surface area contributed by atoms with E-state index in [1.807, 2.05) is 30.0 Å². The minimum Gasteiger partial charge on any atom is -0.389 e. The second kappa shape index (κ2) is 4.60. The molecule has 0 amide bonds. The molecule has 0 bridgehead atoms. The van der Waals surface area contributed by atoms with Crippen LogP contribution in [0.1, 0.15) is 11.1 Å². The summed E-state index contributed by atoms with van der Waals surface area (Å²) in [5, 5.41) is 19.2. The summed E-state index contributed by atoms with van der Waals surface area (Å²) in [6, 6.07) is 5.73. The molecule has 1 saturated heterocycles. The molecule has 4 N–H and O–H groups in total. The van der Waals surface area contributed by atoms with Crippen molar-refractivity contribution in [2.45, 2.75) is 19.1 Å². The fourth-order valence-electron chi connectivity index (χ4n) is 2.23. The Hall–Kier alpha value is -1.17. The van der Waals surface area contributed by atoms with Crippen molar-refractivity contribution in [2.75, 3.05) is 18.0 Å². The van der Waals surface area contributed by atoms with Gasteiger partial charge in [0, 0.05) is 18.7 Å². The molecular weight excluding hydrogens is 236 g/mol. The SMILES string of the molecule is Cc1cccc(C(N)=S)c1N1CC(O)C(O)C1. The van der Waals surface area contributed by atoms with Crippen LogP contribution in [0.5, 0.6) is 0 Å². The van der Waals surface area contributed by atoms with Crippen LogP contribution >= 0.6 is 12.2 Å². The molecule has 1 heterocycles. The van der Waals surface area contributed by atoms with Gasteiger partial charge in [0.2, 0.25) is 0 Å². The zero-order chi connectivity index (χ0) is 12.6. The van der Waals surface area contributed by atoms with E-state index in [0.717, 1.165) is 16.8 Å². The van der Waals surface area contributed by atoms with E-state index in [4.69, 9.17) is 18.0 Å². The van der Waals surface area contributed by atoms with Gasteiger partial charge < -0.3 is 20.8 Å². The summed E-state index contributed by atoms with van der Waals surface area (Å²) >= 11 is 5.03. The molecule has 0 radical (unpaired) electrons. The Morgan fingerprint density at radius 1 is 1.35 bits per heavy atom. The van der Waals surface area contributed by atoms with Crippen molar-refractivity contribution in [3.63, 3.8) is 0 Å². The van der Waals surface area contributed by atoms with Gasteiger partial charge in [0.25, 0.3) is 0 Å². The molecule has 5 heteroatoms. The van der Waals surface area contributed by atoms with Crippen molar-refractivity contribution in [1.82, 2.24) is 0 Å². The van der Waals surface area contributed by atoms with E-state index in [2.05, 4.69) is 0 Å². The van der Waals surface area contributed by atoms with E-state index in [0.29, 0.717) is 18.1 Å². The lowest BCUT2D eigenvalue weighted by molar-refractivity contribution is 0.0572. The van der Waals surface area contributed by atoms with Crippen molar-refractivity contribution < 1.29 is 10.2 Å². The van der Waals surface area contributed by atoms with Crippen molar-refractivity contribution in [2.24, 2.45) is 5.73 Å². The minimum absolute atomic E-state index is 0.333. The molecule has 1 fully saturated rings. The van der Waals surface area contributed by atoms with Gasteiger partial charge in [0.05, 0.1) is 17.9 Å². The van der Waals surface area contributed by atoms with E-state index in [-0.39, 0.29) is 0 Å². The molecule has 1 aliphatic heterocycles. The molecule has 0 aliphatic carbocycles. The van der Waals surface area contributed by atoms with Crippen LogP contribution in [0.15, 0.2) is 18.2 Å². The Bertz CT molecular complexity index is 440. The molecule has 0 saturated carbocycles. The lowest BCUT2D eigenvalue weighted by atomic mass is 10.1. The third-order valence-electron chi connectivity index (χ3n) is 3.08. The first-order valence-electron chi connectivity index (χ1n) is 5.51. The molecule has 2 atom stereocenters. The predicted octanol–water partition coefficient (Wildman–Crippen LogP) is 0.171. The van der Waals surface area contributed by atoms with Gasteiger partial charge in [0.1, 0.15) is 4.99 Å². The lowest BCUT2D eigenvalue weighted by Crippen LogP contribution is -2.25. The van der Waals surface area contributed by atoms with Crippen molar-refractivity contribution >= 4 is 22.9 Å². The second-order valence-corrected chi connectivity index (χ2v) is 4.81. The first-order chi connectivity index (χ1) is 8.00. The fraction of sp³-hybridized carbons (Fsp3) is 0.417. The van der Waals surface area contributed by atoms with E-state index in [1.54, 1.807) is 0 Å². The molecule has 0 aromatic heterocycles. The first-order valence-corrected chi connectivity index (χ1v) is 5.92. The van der Waals surface area contributed by atoms with Crippen LogP contribution in [-0.4, -0.2) is 40.5 Å². The molecule has 2 unspecified atom stereocenters. The molecule has 1 aliphatic rings. The summed E-state index contributed by atoms with van der Waals surface area (Å²) in [7, 11) is 0. The van der Waals surface area contributed by atoms with Crippen molar-refractivity contribution in [3.05, 3.63) is 29.3 Å². The smallest absolute Gasteiger partial charge is 0.106 e. The third kappa shape index (κ3) is 2.26. The number of rotatable bonds is 2. The van der Waals surface area contributed by atoms with Gasteiger partial charge in [0.15, 0.2) is 0 Å². The van der Waals surface area contributed by atoms with E-state index >= 15 is 0 Å². The molecule has 1 aromatic rings. The van der Waals surface area contributed by atoms with E-state index in [9.17, 15) is 10.2 Å². The summed E-state index contributed by atoms with van der Waals surface area (Å²) in [5.74, 6) is 0. The van der Waals surface area contributed by atoms with E-state index in [1.165, 1.54) is 0 Å². The second-order valence-electron chi connectivity index (χ2n) is 4.38. The number of anilines is 1. The van der Waals surface area contributed by atoms with Gasteiger partial charge in [-0.25, -0.2) is 0 Å². The van der Waals surface area contributed by atoms with Crippen LogP contribution in [0.3, 0.4) is 0 Å². The Morgan fingerprint density at radius 2 is 1.94 bits per heavy atom. The maximum atomic E-state index is 9.59. The number of benzene rings is 1. The van der Waals surface area contributed by atoms with Crippen LogP contribution in [0.4, 0.5) is 5.69 Å². The molecule has 4 nitrogen and oxygen atoms in total. The Kier molecular flexibility index (Phi) is 3.33. The number of aryl methyl sites for hydroxylation is 1. The molecule has 1 aromatic carbocycles. The Balaban J connectivity index is 2.41. The average molecular weight is 252 g/mol. The standard InChI is InChI=1S/C12H16N2O2S/c1-7-3-2-4-8(12(13)17)11(7)14-5-9(15)10(16)6-14/h2-4,9-10,15-16H,5-6H2,1H3,(H2,13,17). The van der Waals surface area contributed by atoms with Gasteiger partial charge in [-0.15, -0.1) is 0 Å². The van der Waals surface area contributed by atoms with Crippen LogP contribution < -0.4 is 10.6 Å². The monoisotopic (exact) mass is 252 g/mol. The quantitative estimate of drug-likeness (QED) is 0.655. The van der Waals surface area contributed by atoms with Gasteiger partial charge in [-0.3, -0.25) is 0 Å². The highest BCUT2D eigenvalue weighted by molar-refractivity contribution is 7.80. The average Bonchev–Trinajstić information content (AvgIpc) is 2.58. The first kappa shape index (κ1) is 12.3. The number of thiocarbonyl (C=S) groups is 1. The zero-order valence-electron chi connectivity index (χ0n) is 9.63. The number of para-hydroxylation sites is 1. The normalized spacial score (nSPS) is 24.1. The highest BCUT2D eigenvalue weighted by Gasteiger charge is 2.31. The van der Waals surface area contributed by atoms with Crippen molar-refractivity contribution in [1.29, 1.82) is 0 Å². The number of aliphatic hydroxyl groups is 2. The zero-order valence-corrected chi connectivity index (χ0v) is 10.4. The number of β-amino-alcohol motifs (C(OH)–C–C–N with tert-alkyl or cyclic N) is 2. The van der Waals surface area contributed by atoms with Crippen LogP contribution in [0, 0.1) is 6.92 Å². The number of nitrogens with two attached hydrogens (primary N) is 1.